The molecule has 3 atom stereocenters. The van der Waals surface area contributed by atoms with Crippen LogP contribution in [0.3, 0.4) is 0 Å². The third kappa shape index (κ3) is 2.44. The number of nitrogens with zero attached hydrogens (tertiary/aromatic N) is 3. The molecule has 1 aromatic heterocycles. The molecule has 3 unspecified atom stereocenters. The normalized spacial score (nSPS) is 28.2. The Morgan fingerprint density at radius 3 is 2.73 bits per heavy atom. The van der Waals surface area contributed by atoms with Crippen molar-refractivity contribution in [3.63, 3.8) is 0 Å². The molecule has 0 amide bonds. The molecule has 4 nitrogen and oxygen atoms in total. The molecule has 2 aliphatic rings. The van der Waals surface area contributed by atoms with Crippen LogP contribution in [0, 0.1) is 17.7 Å². The molecule has 0 bridgehead atoms. The number of likely N-dealkylation sites (tertiary alicyclic amines) is 1. The first kappa shape index (κ1) is 13.9. The molecule has 5 heteroatoms. The summed E-state index contributed by atoms with van der Waals surface area (Å²) in [6.07, 6.45) is 4.25. The molecule has 1 saturated heterocycles. The first-order valence-corrected chi connectivity index (χ1v) is 7.97. The van der Waals surface area contributed by atoms with Gasteiger partial charge < -0.3 is 5.73 Å². The molecule has 1 aromatic carbocycles. The Balaban J connectivity index is 1.51. The van der Waals surface area contributed by atoms with Crippen LogP contribution in [0.15, 0.2) is 36.5 Å². The zero-order chi connectivity index (χ0) is 15.1. The lowest BCUT2D eigenvalue weighted by atomic mass is 9.98. The monoisotopic (exact) mass is 300 g/mol. The number of aromatic nitrogens is 2. The quantitative estimate of drug-likeness (QED) is 0.945. The van der Waals surface area contributed by atoms with E-state index >= 15 is 0 Å². The number of benzene rings is 1. The van der Waals surface area contributed by atoms with Crippen LogP contribution >= 0.6 is 0 Å². The fourth-order valence-electron chi connectivity index (χ4n) is 4.02. The highest BCUT2D eigenvalue weighted by Gasteiger charge is 2.40. The van der Waals surface area contributed by atoms with Crippen molar-refractivity contribution < 1.29 is 4.39 Å². The topological polar surface area (TPSA) is 47.1 Å². The van der Waals surface area contributed by atoms with Crippen LogP contribution in [-0.4, -0.2) is 33.8 Å². The van der Waals surface area contributed by atoms with Gasteiger partial charge in [-0.1, -0.05) is 0 Å². The number of nitrogens with two attached hydrogens (primary N) is 1. The maximum absolute atomic E-state index is 13.1. The largest absolute Gasteiger partial charge is 0.327 e. The number of hydrogen-bond donors (Lipinski definition) is 1. The average molecular weight is 300 g/mol. The minimum Gasteiger partial charge on any atom is -0.327 e. The molecule has 0 radical (unpaired) electrons. The second kappa shape index (κ2) is 5.48. The molecular formula is C17H21FN4. The summed E-state index contributed by atoms with van der Waals surface area (Å²) < 4.78 is 15.0. The fraction of sp³-hybridized carbons (Fsp3) is 0.471. The molecule has 2 aromatic rings. The summed E-state index contributed by atoms with van der Waals surface area (Å²) in [5.41, 5.74) is 8.25. The number of rotatable bonds is 3. The maximum Gasteiger partial charge on any atom is 0.123 e. The van der Waals surface area contributed by atoms with Gasteiger partial charge in [0.1, 0.15) is 5.82 Å². The third-order valence-corrected chi connectivity index (χ3v) is 5.17. The van der Waals surface area contributed by atoms with E-state index in [-0.39, 0.29) is 5.82 Å². The van der Waals surface area contributed by atoms with Crippen LogP contribution < -0.4 is 5.73 Å². The Labute approximate surface area is 129 Å². The summed E-state index contributed by atoms with van der Waals surface area (Å²) in [6, 6.07) is 8.88. The van der Waals surface area contributed by atoms with Crippen molar-refractivity contribution in [2.45, 2.75) is 25.4 Å². The van der Waals surface area contributed by atoms with E-state index in [0.717, 1.165) is 36.9 Å². The van der Waals surface area contributed by atoms with Crippen molar-refractivity contribution in [1.82, 2.24) is 14.7 Å². The molecule has 0 spiro atoms. The number of halogens is 1. The van der Waals surface area contributed by atoms with Crippen LogP contribution in [0.1, 0.15) is 18.5 Å². The molecule has 2 heterocycles. The van der Waals surface area contributed by atoms with Crippen LogP contribution in [-0.2, 0) is 6.54 Å². The van der Waals surface area contributed by atoms with Gasteiger partial charge in [0.2, 0.25) is 0 Å². The Morgan fingerprint density at radius 2 is 1.95 bits per heavy atom. The summed E-state index contributed by atoms with van der Waals surface area (Å²) in [6.45, 7) is 3.09. The number of fused-ring (bicyclic) bond motifs is 1. The summed E-state index contributed by atoms with van der Waals surface area (Å²) in [5, 5.41) is 4.39. The van der Waals surface area contributed by atoms with Crippen molar-refractivity contribution in [1.29, 1.82) is 0 Å². The van der Waals surface area contributed by atoms with Crippen molar-refractivity contribution in [2.24, 2.45) is 17.6 Å². The van der Waals surface area contributed by atoms with Crippen LogP contribution in [0.5, 0.6) is 0 Å². The van der Waals surface area contributed by atoms with Gasteiger partial charge in [-0.25, -0.2) is 9.07 Å². The average Bonchev–Trinajstić information content (AvgIpc) is 3.19. The minimum absolute atomic E-state index is 0.223. The predicted octanol–water partition coefficient (Wildman–Crippen LogP) is 2.18. The Kier molecular flexibility index (Phi) is 3.47. The highest BCUT2D eigenvalue weighted by molar-refractivity contribution is 5.32. The molecular weight excluding hydrogens is 279 g/mol. The van der Waals surface area contributed by atoms with E-state index in [4.69, 9.17) is 5.73 Å². The summed E-state index contributed by atoms with van der Waals surface area (Å²) in [7, 11) is 0. The van der Waals surface area contributed by atoms with E-state index < -0.39 is 0 Å². The molecule has 1 saturated carbocycles. The zero-order valence-corrected chi connectivity index (χ0v) is 12.5. The molecule has 2 N–H and O–H groups in total. The van der Waals surface area contributed by atoms with Crippen LogP contribution in [0.25, 0.3) is 5.69 Å². The molecule has 1 aliphatic heterocycles. The van der Waals surface area contributed by atoms with E-state index in [1.165, 1.54) is 25.0 Å². The third-order valence-electron chi connectivity index (χ3n) is 5.17. The molecule has 1 aliphatic carbocycles. The first-order chi connectivity index (χ1) is 10.7. The minimum atomic E-state index is -0.223. The zero-order valence-electron chi connectivity index (χ0n) is 12.5. The lowest BCUT2D eigenvalue weighted by molar-refractivity contribution is 0.292. The van der Waals surface area contributed by atoms with Gasteiger partial charge in [-0.2, -0.15) is 5.10 Å². The van der Waals surface area contributed by atoms with Crippen LogP contribution in [0.2, 0.25) is 0 Å². The van der Waals surface area contributed by atoms with Crippen LogP contribution in [0.4, 0.5) is 4.39 Å². The highest BCUT2D eigenvalue weighted by Crippen LogP contribution is 2.37. The molecule has 2 fully saturated rings. The van der Waals surface area contributed by atoms with Gasteiger partial charge in [-0.3, -0.25) is 4.90 Å². The lowest BCUT2D eigenvalue weighted by Crippen LogP contribution is -2.30. The molecule has 116 valence electrons. The predicted molar refractivity (Wildman–Crippen MR) is 83.0 cm³/mol. The highest BCUT2D eigenvalue weighted by atomic mass is 19.1. The van der Waals surface area contributed by atoms with Gasteiger partial charge in [-0.15, -0.1) is 0 Å². The van der Waals surface area contributed by atoms with E-state index in [0.29, 0.717) is 12.0 Å². The van der Waals surface area contributed by atoms with Gasteiger partial charge >= 0.3 is 0 Å². The first-order valence-electron chi connectivity index (χ1n) is 7.97. The van der Waals surface area contributed by atoms with Crippen molar-refractivity contribution in [2.75, 3.05) is 13.1 Å². The molecule has 22 heavy (non-hydrogen) atoms. The van der Waals surface area contributed by atoms with Gasteiger partial charge in [0, 0.05) is 31.9 Å². The standard InChI is InChI=1S/C17H21FN4/c18-13-2-4-14(5-3-13)22-15(7-8-20-22)10-21-9-12-1-6-17(19)16(12)11-21/h2-5,7-8,12,16-17H,1,6,9-11,19H2. The van der Waals surface area contributed by atoms with Crippen molar-refractivity contribution in [3.8, 4) is 5.69 Å². The second-order valence-corrected chi connectivity index (χ2v) is 6.57. The van der Waals surface area contributed by atoms with E-state index in [1.807, 2.05) is 10.7 Å². The number of hydrogen-bond acceptors (Lipinski definition) is 3. The van der Waals surface area contributed by atoms with E-state index in [2.05, 4.69) is 10.00 Å². The lowest BCUT2D eigenvalue weighted by Gasteiger charge is -2.19. The SMILES string of the molecule is NC1CCC2CN(Cc3ccnn3-c3ccc(F)cc3)CC12. The summed E-state index contributed by atoms with van der Waals surface area (Å²) in [5.74, 6) is 1.19. The smallest absolute Gasteiger partial charge is 0.123 e. The van der Waals surface area contributed by atoms with Gasteiger partial charge in [0.15, 0.2) is 0 Å². The van der Waals surface area contributed by atoms with Gasteiger partial charge in [-0.05, 0) is 55.0 Å². The Morgan fingerprint density at radius 1 is 1.14 bits per heavy atom. The van der Waals surface area contributed by atoms with Gasteiger partial charge in [0.05, 0.1) is 11.4 Å². The Bertz CT molecular complexity index is 651. The fourth-order valence-corrected chi connectivity index (χ4v) is 4.02. The van der Waals surface area contributed by atoms with Crippen molar-refractivity contribution >= 4 is 0 Å². The second-order valence-electron chi connectivity index (χ2n) is 6.57. The Hall–Kier alpha value is -1.72. The van der Waals surface area contributed by atoms with Gasteiger partial charge in [0.25, 0.3) is 0 Å². The van der Waals surface area contributed by atoms with E-state index in [9.17, 15) is 4.39 Å². The maximum atomic E-state index is 13.1. The summed E-state index contributed by atoms with van der Waals surface area (Å²) in [4.78, 5) is 2.48. The molecule has 4 rings (SSSR count). The summed E-state index contributed by atoms with van der Waals surface area (Å²) >= 11 is 0. The van der Waals surface area contributed by atoms with E-state index in [1.54, 1.807) is 18.3 Å². The van der Waals surface area contributed by atoms with Crippen molar-refractivity contribution in [3.05, 3.63) is 48.0 Å².